The molecule has 98 valence electrons. The number of nitrogens with zero attached hydrogens (tertiary/aromatic N) is 1. The van der Waals surface area contributed by atoms with Gasteiger partial charge in [0, 0.05) is 17.5 Å². The van der Waals surface area contributed by atoms with Crippen molar-refractivity contribution < 1.29 is 4.79 Å². The van der Waals surface area contributed by atoms with E-state index in [9.17, 15) is 4.79 Å². The van der Waals surface area contributed by atoms with Gasteiger partial charge >= 0.3 is 0 Å². The summed E-state index contributed by atoms with van der Waals surface area (Å²) in [6, 6.07) is 8.03. The minimum atomic E-state index is 0.0690. The summed E-state index contributed by atoms with van der Waals surface area (Å²) in [7, 11) is 4.19. The summed E-state index contributed by atoms with van der Waals surface area (Å²) in [4.78, 5) is 14.1. The summed E-state index contributed by atoms with van der Waals surface area (Å²) >= 11 is 0. The Morgan fingerprint density at radius 2 is 2.06 bits per heavy atom. The largest absolute Gasteiger partial charge is 0.351 e. The van der Waals surface area contributed by atoms with Gasteiger partial charge in [-0.25, -0.2) is 0 Å². The van der Waals surface area contributed by atoms with Gasteiger partial charge in [0.05, 0.1) is 0 Å². The molecule has 3 nitrogen and oxygen atoms in total. The molecule has 1 heterocycles. The smallest absolute Gasteiger partial charge is 0.251 e. The summed E-state index contributed by atoms with van der Waals surface area (Å²) in [5.74, 6) is 0.0690. The lowest BCUT2D eigenvalue weighted by Gasteiger charge is -2.39. The minimum Gasteiger partial charge on any atom is -0.351 e. The maximum absolute atomic E-state index is 11.9. The van der Waals surface area contributed by atoms with Crippen molar-refractivity contribution in [1.82, 2.24) is 10.2 Å². The SMILES string of the molecule is CCC1(CCN(C)C)CNC(=O)c2ccccc21. The first-order chi connectivity index (χ1) is 8.59. The number of benzene rings is 1. The predicted octanol–water partition coefficient (Wildman–Crippen LogP) is 2.03. The number of hydrogen-bond acceptors (Lipinski definition) is 2. The van der Waals surface area contributed by atoms with E-state index >= 15 is 0 Å². The third-order valence-electron chi connectivity index (χ3n) is 4.04. The first-order valence-corrected chi connectivity index (χ1v) is 6.61. The van der Waals surface area contributed by atoms with E-state index in [4.69, 9.17) is 0 Å². The number of hydrogen-bond donors (Lipinski definition) is 1. The average Bonchev–Trinajstić information content (AvgIpc) is 2.39. The van der Waals surface area contributed by atoms with Gasteiger partial charge in [0.2, 0.25) is 0 Å². The van der Waals surface area contributed by atoms with E-state index in [0.29, 0.717) is 0 Å². The molecular formula is C15H22N2O. The lowest BCUT2D eigenvalue weighted by molar-refractivity contribution is 0.0918. The van der Waals surface area contributed by atoms with Crippen LogP contribution in [0.2, 0.25) is 0 Å². The third kappa shape index (κ3) is 2.27. The van der Waals surface area contributed by atoms with Crippen LogP contribution >= 0.6 is 0 Å². The average molecular weight is 246 g/mol. The normalized spacial score (nSPS) is 22.8. The standard InChI is InChI=1S/C15H22N2O/c1-4-15(9-10-17(2)3)11-16-14(18)12-7-5-6-8-13(12)15/h5-8H,4,9-11H2,1-3H3,(H,16,18). The third-order valence-corrected chi connectivity index (χ3v) is 4.04. The number of carbonyl (C=O) groups is 1. The van der Waals surface area contributed by atoms with Gasteiger partial charge in [-0.1, -0.05) is 25.1 Å². The monoisotopic (exact) mass is 246 g/mol. The molecule has 0 saturated heterocycles. The van der Waals surface area contributed by atoms with Crippen LogP contribution in [0, 0.1) is 0 Å². The highest BCUT2D eigenvalue weighted by Gasteiger charge is 2.37. The zero-order valence-electron chi connectivity index (χ0n) is 11.5. The van der Waals surface area contributed by atoms with Crippen LogP contribution in [-0.2, 0) is 5.41 Å². The van der Waals surface area contributed by atoms with Gasteiger partial charge in [-0.15, -0.1) is 0 Å². The van der Waals surface area contributed by atoms with Crippen molar-refractivity contribution in [2.45, 2.75) is 25.2 Å². The fourth-order valence-electron chi connectivity index (χ4n) is 2.74. The molecule has 0 radical (unpaired) electrons. The zero-order chi connectivity index (χ0) is 13.2. The molecule has 1 aliphatic heterocycles. The van der Waals surface area contributed by atoms with Crippen molar-refractivity contribution in [2.24, 2.45) is 0 Å². The highest BCUT2D eigenvalue weighted by atomic mass is 16.1. The Kier molecular flexibility index (Phi) is 3.71. The van der Waals surface area contributed by atoms with Gasteiger partial charge in [0.1, 0.15) is 0 Å². The molecule has 1 aliphatic rings. The molecule has 1 atom stereocenters. The molecule has 0 bridgehead atoms. The molecular weight excluding hydrogens is 224 g/mol. The lowest BCUT2D eigenvalue weighted by atomic mass is 9.71. The minimum absolute atomic E-state index is 0.0690. The fraction of sp³-hybridized carbons (Fsp3) is 0.533. The molecule has 3 heteroatoms. The van der Waals surface area contributed by atoms with Crippen LogP contribution in [-0.4, -0.2) is 38.0 Å². The van der Waals surface area contributed by atoms with E-state index in [1.54, 1.807) is 0 Å². The van der Waals surface area contributed by atoms with E-state index in [1.807, 2.05) is 18.2 Å². The molecule has 1 amide bonds. The van der Waals surface area contributed by atoms with Crippen LogP contribution in [0.3, 0.4) is 0 Å². The van der Waals surface area contributed by atoms with Gasteiger partial charge in [0.25, 0.3) is 5.91 Å². The molecule has 0 fully saturated rings. The van der Waals surface area contributed by atoms with Crippen LogP contribution in [0.5, 0.6) is 0 Å². The molecule has 1 aromatic rings. The summed E-state index contributed by atoms with van der Waals surface area (Å²) in [6.45, 7) is 4.01. The molecule has 2 rings (SSSR count). The molecule has 18 heavy (non-hydrogen) atoms. The van der Waals surface area contributed by atoms with Crippen molar-refractivity contribution in [2.75, 3.05) is 27.2 Å². The first kappa shape index (κ1) is 13.1. The fourth-order valence-corrected chi connectivity index (χ4v) is 2.74. The molecule has 0 spiro atoms. The van der Waals surface area contributed by atoms with E-state index < -0.39 is 0 Å². The summed E-state index contributed by atoms with van der Waals surface area (Å²) in [5.41, 5.74) is 2.16. The van der Waals surface area contributed by atoms with E-state index in [1.165, 1.54) is 5.56 Å². The Bertz CT molecular complexity index is 442. The van der Waals surface area contributed by atoms with Crippen molar-refractivity contribution >= 4 is 5.91 Å². The van der Waals surface area contributed by atoms with Crippen LogP contribution in [0.4, 0.5) is 0 Å². The molecule has 1 N–H and O–H groups in total. The molecule has 0 saturated carbocycles. The number of carbonyl (C=O) groups excluding carboxylic acids is 1. The highest BCUT2D eigenvalue weighted by Crippen LogP contribution is 2.36. The summed E-state index contributed by atoms with van der Waals surface area (Å²) < 4.78 is 0. The predicted molar refractivity (Wildman–Crippen MR) is 73.9 cm³/mol. The highest BCUT2D eigenvalue weighted by molar-refractivity contribution is 5.97. The quantitative estimate of drug-likeness (QED) is 0.881. The van der Waals surface area contributed by atoms with Crippen molar-refractivity contribution in [3.63, 3.8) is 0 Å². The number of fused-ring (bicyclic) bond motifs is 1. The Morgan fingerprint density at radius 1 is 1.33 bits per heavy atom. The van der Waals surface area contributed by atoms with E-state index in [2.05, 4.69) is 37.3 Å². The second kappa shape index (κ2) is 5.11. The Labute approximate surface area is 109 Å². The van der Waals surface area contributed by atoms with E-state index in [-0.39, 0.29) is 11.3 Å². The van der Waals surface area contributed by atoms with Crippen LogP contribution in [0.1, 0.15) is 35.7 Å². The van der Waals surface area contributed by atoms with Crippen molar-refractivity contribution in [1.29, 1.82) is 0 Å². The Hall–Kier alpha value is -1.35. The van der Waals surface area contributed by atoms with Gasteiger partial charge in [-0.05, 0) is 45.1 Å². The van der Waals surface area contributed by atoms with Gasteiger partial charge in [-0.2, -0.15) is 0 Å². The number of nitrogens with one attached hydrogen (secondary N) is 1. The molecule has 1 unspecified atom stereocenters. The topological polar surface area (TPSA) is 32.3 Å². The first-order valence-electron chi connectivity index (χ1n) is 6.61. The van der Waals surface area contributed by atoms with Crippen molar-refractivity contribution in [3.8, 4) is 0 Å². The van der Waals surface area contributed by atoms with Gasteiger partial charge in [-0.3, -0.25) is 4.79 Å². The van der Waals surface area contributed by atoms with Gasteiger partial charge < -0.3 is 10.2 Å². The van der Waals surface area contributed by atoms with Crippen molar-refractivity contribution in [3.05, 3.63) is 35.4 Å². The molecule has 0 aromatic heterocycles. The zero-order valence-corrected chi connectivity index (χ0v) is 11.5. The number of rotatable bonds is 4. The maximum atomic E-state index is 11.9. The maximum Gasteiger partial charge on any atom is 0.251 e. The molecule has 0 aliphatic carbocycles. The summed E-state index contributed by atoms with van der Waals surface area (Å²) in [5, 5.41) is 3.05. The second-order valence-electron chi connectivity index (χ2n) is 5.42. The van der Waals surface area contributed by atoms with Crippen LogP contribution in [0.25, 0.3) is 0 Å². The van der Waals surface area contributed by atoms with Crippen LogP contribution in [0.15, 0.2) is 24.3 Å². The second-order valence-corrected chi connectivity index (χ2v) is 5.42. The molecule has 1 aromatic carbocycles. The number of amides is 1. The summed E-state index contributed by atoms with van der Waals surface area (Å²) in [6.07, 6.45) is 2.13. The van der Waals surface area contributed by atoms with Crippen LogP contribution < -0.4 is 5.32 Å². The van der Waals surface area contributed by atoms with E-state index in [0.717, 1.165) is 31.5 Å². The van der Waals surface area contributed by atoms with Gasteiger partial charge in [0.15, 0.2) is 0 Å². The lowest BCUT2D eigenvalue weighted by Crippen LogP contribution is -2.47. The Morgan fingerprint density at radius 3 is 2.72 bits per heavy atom. The Balaban J connectivity index is 2.37.